The van der Waals surface area contributed by atoms with Crippen LogP contribution in [0.4, 0.5) is 10.5 Å². The molecule has 0 aromatic heterocycles. The molecule has 4 nitrogen and oxygen atoms in total. The molecule has 0 bridgehead atoms. The largest absolute Gasteiger partial charge is 0.364 e. The number of benzene rings is 2. The lowest BCUT2D eigenvalue weighted by molar-refractivity contribution is -0.123. The normalized spacial score (nSPS) is 21.6. The van der Waals surface area contributed by atoms with Gasteiger partial charge in [0, 0.05) is 22.3 Å². The molecule has 2 aromatic carbocycles. The molecule has 0 saturated carbocycles. The van der Waals surface area contributed by atoms with Gasteiger partial charge in [-0.05, 0) is 92.8 Å². The van der Waals surface area contributed by atoms with E-state index in [2.05, 4.69) is 51.7 Å². The van der Waals surface area contributed by atoms with E-state index in [1.54, 1.807) is 6.07 Å². The average Bonchev–Trinajstić information content (AvgIpc) is 2.96. The summed E-state index contributed by atoms with van der Waals surface area (Å²) >= 11 is 7.21. The maximum absolute atomic E-state index is 13.0. The molecule has 2 heterocycles. The van der Waals surface area contributed by atoms with E-state index < -0.39 is 0 Å². The van der Waals surface area contributed by atoms with Crippen molar-refractivity contribution in [2.75, 3.05) is 4.90 Å². The maximum atomic E-state index is 13.0. The van der Waals surface area contributed by atoms with Gasteiger partial charge in [-0.25, -0.2) is 0 Å². The standard InChI is InChI=1S/C26H29ClN2O2S/c1-16(2)29-22-11-10-18(12-20(22)17(3)14-26(29,4)5)13-23-24(30)28(25(31)32-23)15-19-8-6-7-9-21(19)27/h6-13,16-17H,14-15H2,1-5H3/b23-13-/t17-/m0/s1. The van der Waals surface area contributed by atoms with Crippen molar-refractivity contribution in [2.45, 2.75) is 65.1 Å². The Morgan fingerprint density at radius 3 is 2.59 bits per heavy atom. The van der Waals surface area contributed by atoms with E-state index in [0.29, 0.717) is 21.9 Å². The number of halogens is 1. The van der Waals surface area contributed by atoms with Crippen LogP contribution >= 0.6 is 23.4 Å². The smallest absolute Gasteiger partial charge is 0.293 e. The van der Waals surface area contributed by atoms with Crippen LogP contribution in [-0.4, -0.2) is 27.6 Å². The van der Waals surface area contributed by atoms with E-state index >= 15 is 0 Å². The second-order valence-electron chi connectivity index (χ2n) is 9.56. The fourth-order valence-electron chi connectivity index (χ4n) is 5.12. The molecule has 0 radical (unpaired) electrons. The molecule has 4 rings (SSSR count). The number of imide groups is 1. The summed E-state index contributed by atoms with van der Waals surface area (Å²) in [5.74, 6) is 0.147. The number of hydrogen-bond donors (Lipinski definition) is 0. The first-order valence-electron chi connectivity index (χ1n) is 11.0. The van der Waals surface area contributed by atoms with Crippen molar-refractivity contribution in [2.24, 2.45) is 0 Å². The molecule has 2 aromatic rings. The molecule has 2 amide bonds. The number of rotatable bonds is 4. The zero-order chi connectivity index (χ0) is 23.2. The first-order valence-corrected chi connectivity index (χ1v) is 12.2. The molecule has 0 aliphatic carbocycles. The molecule has 6 heteroatoms. The minimum Gasteiger partial charge on any atom is -0.364 e. The molecule has 1 fully saturated rings. The van der Waals surface area contributed by atoms with Crippen LogP contribution in [0.5, 0.6) is 0 Å². The molecule has 0 spiro atoms. The van der Waals surface area contributed by atoms with Crippen LogP contribution in [-0.2, 0) is 11.3 Å². The average molecular weight is 469 g/mol. The van der Waals surface area contributed by atoms with E-state index in [1.807, 2.05) is 30.3 Å². The predicted octanol–water partition coefficient (Wildman–Crippen LogP) is 7.08. The summed E-state index contributed by atoms with van der Waals surface area (Å²) < 4.78 is 0. The van der Waals surface area contributed by atoms with Gasteiger partial charge in [-0.2, -0.15) is 0 Å². The summed E-state index contributed by atoms with van der Waals surface area (Å²) in [7, 11) is 0. The van der Waals surface area contributed by atoms with Gasteiger partial charge >= 0.3 is 0 Å². The summed E-state index contributed by atoms with van der Waals surface area (Å²) in [6.07, 6.45) is 2.90. The third kappa shape index (κ3) is 4.20. The highest BCUT2D eigenvalue weighted by molar-refractivity contribution is 8.18. The molecular weight excluding hydrogens is 440 g/mol. The van der Waals surface area contributed by atoms with E-state index in [4.69, 9.17) is 11.6 Å². The highest BCUT2D eigenvalue weighted by atomic mass is 35.5. The van der Waals surface area contributed by atoms with Crippen molar-refractivity contribution < 1.29 is 9.59 Å². The minimum absolute atomic E-state index is 0.0868. The van der Waals surface area contributed by atoms with Crippen molar-refractivity contribution in [1.82, 2.24) is 4.90 Å². The molecule has 2 aliphatic heterocycles. The number of amides is 2. The van der Waals surface area contributed by atoms with Gasteiger partial charge in [0.15, 0.2) is 0 Å². The van der Waals surface area contributed by atoms with E-state index in [1.165, 1.54) is 16.2 Å². The zero-order valence-corrected chi connectivity index (χ0v) is 20.8. The Balaban J connectivity index is 1.62. The first-order chi connectivity index (χ1) is 15.1. The topological polar surface area (TPSA) is 40.6 Å². The fraction of sp³-hybridized carbons (Fsp3) is 0.385. The molecular formula is C26H29ClN2O2S. The van der Waals surface area contributed by atoms with Crippen molar-refractivity contribution >= 4 is 46.3 Å². The van der Waals surface area contributed by atoms with Gasteiger partial charge in [-0.1, -0.05) is 42.8 Å². The Morgan fingerprint density at radius 2 is 1.91 bits per heavy atom. The molecule has 2 aliphatic rings. The molecule has 1 saturated heterocycles. The van der Waals surface area contributed by atoms with Gasteiger partial charge in [0.25, 0.3) is 11.1 Å². The van der Waals surface area contributed by atoms with Gasteiger partial charge in [0.2, 0.25) is 0 Å². The Morgan fingerprint density at radius 1 is 1.19 bits per heavy atom. The molecule has 32 heavy (non-hydrogen) atoms. The first kappa shape index (κ1) is 22.9. The number of anilines is 1. The Bertz CT molecular complexity index is 1110. The predicted molar refractivity (Wildman–Crippen MR) is 134 cm³/mol. The second kappa shape index (κ2) is 8.60. The maximum Gasteiger partial charge on any atom is 0.293 e. The van der Waals surface area contributed by atoms with Crippen molar-refractivity contribution in [3.05, 3.63) is 69.1 Å². The number of fused-ring (bicyclic) bond motifs is 1. The highest BCUT2D eigenvalue weighted by Gasteiger charge is 2.38. The lowest BCUT2D eigenvalue weighted by atomic mass is 9.79. The van der Waals surface area contributed by atoms with Crippen LogP contribution in [0.2, 0.25) is 5.02 Å². The van der Waals surface area contributed by atoms with Crippen LogP contribution in [0.3, 0.4) is 0 Å². The van der Waals surface area contributed by atoms with E-state index in [-0.39, 0.29) is 23.2 Å². The summed E-state index contributed by atoms with van der Waals surface area (Å²) in [6.45, 7) is 11.5. The number of carbonyl (C=O) groups excluding carboxylic acids is 2. The Hall–Kier alpha value is -2.24. The number of thioether (sulfide) groups is 1. The quantitative estimate of drug-likeness (QED) is 0.449. The minimum atomic E-state index is -0.268. The fourth-order valence-corrected chi connectivity index (χ4v) is 6.16. The second-order valence-corrected chi connectivity index (χ2v) is 11.0. The summed E-state index contributed by atoms with van der Waals surface area (Å²) in [6, 6.07) is 14.1. The molecule has 1 atom stereocenters. The zero-order valence-electron chi connectivity index (χ0n) is 19.2. The third-order valence-electron chi connectivity index (χ3n) is 6.27. The van der Waals surface area contributed by atoms with Crippen LogP contribution in [0, 0.1) is 0 Å². The Kier molecular flexibility index (Phi) is 6.17. The van der Waals surface area contributed by atoms with Crippen molar-refractivity contribution in [1.29, 1.82) is 0 Å². The lowest BCUT2D eigenvalue weighted by Gasteiger charge is -2.50. The summed E-state index contributed by atoms with van der Waals surface area (Å²) in [4.78, 5) is 29.7. The van der Waals surface area contributed by atoms with Crippen LogP contribution in [0.15, 0.2) is 47.4 Å². The van der Waals surface area contributed by atoms with Crippen molar-refractivity contribution in [3.8, 4) is 0 Å². The highest BCUT2D eigenvalue weighted by Crippen LogP contribution is 2.45. The van der Waals surface area contributed by atoms with Gasteiger partial charge in [0.1, 0.15) is 0 Å². The van der Waals surface area contributed by atoms with Crippen molar-refractivity contribution in [3.63, 3.8) is 0 Å². The van der Waals surface area contributed by atoms with E-state index in [9.17, 15) is 9.59 Å². The number of nitrogens with zero attached hydrogens (tertiary/aromatic N) is 2. The SMILES string of the molecule is CC(C)N1c2ccc(/C=C3\SC(=O)N(Cc4ccccc4Cl)C3=O)cc2[C@@H](C)CC1(C)C. The van der Waals surface area contributed by atoms with E-state index in [0.717, 1.165) is 29.3 Å². The number of carbonyl (C=O) groups is 2. The van der Waals surface area contributed by atoms with Gasteiger partial charge in [0.05, 0.1) is 11.4 Å². The number of hydrogen-bond acceptors (Lipinski definition) is 4. The van der Waals surface area contributed by atoms with Gasteiger partial charge in [-0.3, -0.25) is 14.5 Å². The monoisotopic (exact) mass is 468 g/mol. The molecule has 0 N–H and O–H groups in total. The van der Waals surface area contributed by atoms with Crippen LogP contribution in [0.1, 0.15) is 63.6 Å². The van der Waals surface area contributed by atoms with Gasteiger partial charge < -0.3 is 4.90 Å². The third-order valence-corrected chi connectivity index (χ3v) is 7.55. The van der Waals surface area contributed by atoms with Crippen LogP contribution < -0.4 is 4.90 Å². The molecule has 0 unspecified atom stereocenters. The molecule has 168 valence electrons. The van der Waals surface area contributed by atoms with Gasteiger partial charge in [-0.15, -0.1) is 0 Å². The van der Waals surface area contributed by atoms with Crippen LogP contribution in [0.25, 0.3) is 6.08 Å². The Labute approximate surface area is 199 Å². The lowest BCUT2D eigenvalue weighted by Crippen LogP contribution is -2.51. The summed E-state index contributed by atoms with van der Waals surface area (Å²) in [5, 5.41) is 0.289. The summed E-state index contributed by atoms with van der Waals surface area (Å²) in [5.41, 5.74) is 4.34.